The van der Waals surface area contributed by atoms with E-state index in [4.69, 9.17) is 17.3 Å². The van der Waals surface area contributed by atoms with Gasteiger partial charge in [-0.2, -0.15) is 4.68 Å². The lowest BCUT2D eigenvalue weighted by Gasteiger charge is -2.07. The molecule has 5 nitrogen and oxygen atoms in total. The number of nitrogen functional groups attached to an aromatic ring is 1. The molecule has 0 bridgehead atoms. The smallest absolute Gasteiger partial charge is 0.188 e. The summed E-state index contributed by atoms with van der Waals surface area (Å²) in [5.74, 6) is 0.542. The molecular weight excluding hydrogens is 342 g/mol. The molecule has 7 heteroatoms. The van der Waals surface area contributed by atoms with Crippen molar-refractivity contribution in [2.24, 2.45) is 0 Å². The van der Waals surface area contributed by atoms with Crippen LogP contribution in [0.4, 0.5) is 5.69 Å². The number of tetrazole rings is 1. The summed E-state index contributed by atoms with van der Waals surface area (Å²) in [7, 11) is 0. The zero-order chi connectivity index (χ0) is 14.1. The molecule has 0 atom stereocenters. The normalized spacial score (nSPS) is 10.7. The molecule has 0 radical (unpaired) electrons. The molecule has 0 amide bonds. The third-order valence-corrected chi connectivity index (χ3v) is 3.58. The third kappa shape index (κ3) is 2.39. The van der Waals surface area contributed by atoms with E-state index in [0.717, 1.165) is 10.2 Å². The van der Waals surface area contributed by atoms with E-state index in [1.54, 1.807) is 22.9 Å². The molecule has 0 aliphatic heterocycles. The maximum atomic E-state index is 6.20. The highest BCUT2D eigenvalue weighted by atomic mass is 79.9. The van der Waals surface area contributed by atoms with Crippen LogP contribution in [0.25, 0.3) is 17.1 Å². The first-order chi connectivity index (χ1) is 9.65. The Morgan fingerprint density at radius 2 is 2.00 bits per heavy atom. The second kappa shape index (κ2) is 5.22. The van der Waals surface area contributed by atoms with Crippen LogP contribution in [0, 0.1) is 0 Å². The SMILES string of the molecule is Nc1ccc(Cl)c(-c2nnnn2-c2cccc(Br)c2)c1. The molecular formula is C13H9BrClN5. The van der Waals surface area contributed by atoms with E-state index in [1.807, 2.05) is 24.3 Å². The second-order valence-electron chi connectivity index (χ2n) is 4.13. The van der Waals surface area contributed by atoms with Crippen LogP contribution in [0.1, 0.15) is 0 Å². The molecule has 0 spiro atoms. The summed E-state index contributed by atoms with van der Waals surface area (Å²) in [6.07, 6.45) is 0. The van der Waals surface area contributed by atoms with Crippen molar-refractivity contribution < 1.29 is 0 Å². The van der Waals surface area contributed by atoms with E-state index >= 15 is 0 Å². The van der Waals surface area contributed by atoms with Gasteiger partial charge in [-0.05, 0) is 46.8 Å². The van der Waals surface area contributed by atoms with Gasteiger partial charge >= 0.3 is 0 Å². The summed E-state index contributed by atoms with van der Waals surface area (Å²) in [6.45, 7) is 0. The fourth-order valence-corrected chi connectivity index (χ4v) is 2.44. The molecule has 0 fully saturated rings. The van der Waals surface area contributed by atoms with Crippen molar-refractivity contribution in [2.45, 2.75) is 0 Å². The van der Waals surface area contributed by atoms with E-state index in [-0.39, 0.29) is 0 Å². The van der Waals surface area contributed by atoms with Crippen LogP contribution >= 0.6 is 27.5 Å². The summed E-state index contributed by atoms with van der Waals surface area (Å²) in [4.78, 5) is 0. The Morgan fingerprint density at radius 3 is 2.80 bits per heavy atom. The van der Waals surface area contributed by atoms with Crippen molar-refractivity contribution in [3.05, 3.63) is 52.0 Å². The van der Waals surface area contributed by atoms with Crippen LogP contribution in [-0.2, 0) is 0 Å². The molecule has 1 aromatic heterocycles. The Morgan fingerprint density at radius 1 is 1.15 bits per heavy atom. The molecule has 0 saturated heterocycles. The lowest BCUT2D eigenvalue weighted by atomic mass is 10.2. The average Bonchev–Trinajstić information content (AvgIpc) is 2.90. The number of aromatic nitrogens is 4. The number of anilines is 1. The van der Waals surface area contributed by atoms with Crippen LogP contribution < -0.4 is 5.73 Å². The molecule has 3 aromatic rings. The lowest BCUT2D eigenvalue weighted by molar-refractivity contribution is 0.791. The fourth-order valence-electron chi connectivity index (χ4n) is 1.85. The Balaban J connectivity index is 2.18. The third-order valence-electron chi connectivity index (χ3n) is 2.75. The van der Waals surface area contributed by atoms with Crippen molar-refractivity contribution >= 4 is 33.2 Å². The number of nitrogens with zero attached hydrogens (tertiary/aromatic N) is 4. The van der Waals surface area contributed by atoms with Crippen LogP contribution in [-0.4, -0.2) is 20.2 Å². The van der Waals surface area contributed by atoms with Crippen molar-refractivity contribution in [1.82, 2.24) is 20.2 Å². The maximum absolute atomic E-state index is 6.20. The van der Waals surface area contributed by atoms with E-state index in [0.29, 0.717) is 22.1 Å². The van der Waals surface area contributed by atoms with Gasteiger partial charge in [-0.3, -0.25) is 0 Å². The minimum atomic E-state index is 0.542. The van der Waals surface area contributed by atoms with Gasteiger partial charge in [0.2, 0.25) is 0 Å². The van der Waals surface area contributed by atoms with Crippen LogP contribution in [0.15, 0.2) is 46.9 Å². The van der Waals surface area contributed by atoms with Crippen molar-refractivity contribution in [1.29, 1.82) is 0 Å². The van der Waals surface area contributed by atoms with Gasteiger partial charge in [0, 0.05) is 15.7 Å². The van der Waals surface area contributed by atoms with Gasteiger partial charge in [0.1, 0.15) is 0 Å². The topological polar surface area (TPSA) is 69.6 Å². The number of hydrogen-bond donors (Lipinski definition) is 1. The summed E-state index contributed by atoms with van der Waals surface area (Å²) in [5.41, 5.74) is 7.93. The van der Waals surface area contributed by atoms with E-state index in [1.165, 1.54) is 0 Å². The largest absolute Gasteiger partial charge is 0.399 e. The standard InChI is InChI=1S/C13H9BrClN5/c14-8-2-1-3-10(6-8)20-13(17-18-19-20)11-7-9(16)4-5-12(11)15/h1-7H,16H2. The van der Waals surface area contributed by atoms with Crippen LogP contribution in [0.2, 0.25) is 5.02 Å². The molecule has 0 saturated carbocycles. The predicted molar refractivity (Wildman–Crippen MR) is 81.7 cm³/mol. The zero-order valence-corrected chi connectivity index (χ0v) is 12.5. The number of benzene rings is 2. The molecule has 0 aliphatic rings. The summed E-state index contributed by atoms with van der Waals surface area (Å²) >= 11 is 9.63. The lowest BCUT2D eigenvalue weighted by Crippen LogP contribution is -2.00. The Kier molecular flexibility index (Phi) is 3.42. The average molecular weight is 351 g/mol. The van der Waals surface area contributed by atoms with Crippen LogP contribution in [0.5, 0.6) is 0 Å². The van der Waals surface area contributed by atoms with Crippen LogP contribution in [0.3, 0.4) is 0 Å². The summed E-state index contributed by atoms with van der Waals surface area (Å²) in [5, 5.41) is 12.3. The first-order valence-electron chi connectivity index (χ1n) is 5.75. The minimum Gasteiger partial charge on any atom is -0.399 e. The predicted octanol–water partition coefficient (Wildman–Crippen LogP) is 3.33. The second-order valence-corrected chi connectivity index (χ2v) is 5.46. The highest BCUT2D eigenvalue weighted by Gasteiger charge is 2.14. The van der Waals surface area contributed by atoms with Gasteiger partial charge in [0.05, 0.1) is 10.7 Å². The Bertz CT molecular complexity index is 771. The maximum Gasteiger partial charge on any atom is 0.188 e. The van der Waals surface area contributed by atoms with Crippen molar-refractivity contribution in [2.75, 3.05) is 5.73 Å². The molecule has 0 unspecified atom stereocenters. The summed E-state index contributed by atoms with van der Waals surface area (Å²) < 4.78 is 2.56. The van der Waals surface area contributed by atoms with Crippen molar-refractivity contribution in [3.8, 4) is 17.1 Å². The number of hydrogen-bond acceptors (Lipinski definition) is 4. The number of halogens is 2. The van der Waals surface area contributed by atoms with E-state index in [2.05, 4.69) is 31.5 Å². The van der Waals surface area contributed by atoms with E-state index < -0.39 is 0 Å². The zero-order valence-electron chi connectivity index (χ0n) is 10.2. The summed E-state index contributed by atoms with van der Waals surface area (Å²) in [6, 6.07) is 12.9. The van der Waals surface area contributed by atoms with Gasteiger partial charge in [-0.25, -0.2) is 0 Å². The highest BCUT2D eigenvalue weighted by molar-refractivity contribution is 9.10. The van der Waals surface area contributed by atoms with Gasteiger partial charge in [-0.1, -0.05) is 33.6 Å². The highest BCUT2D eigenvalue weighted by Crippen LogP contribution is 2.29. The quantitative estimate of drug-likeness (QED) is 0.720. The number of rotatable bonds is 2. The number of nitrogens with two attached hydrogens (primary N) is 1. The molecule has 2 aromatic carbocycles. The molecule has 20 heavy (non-hydrogen) atoms. The van der Waals surface area contributed by atoms with E-state index in [9.17, 15) is 0 Å². The van der Waals surface area contributed by atoms with Crippen molar-refractivity contribution in [3.63, 3.8) is 0 Å². The molecule has 100 valence electrons. The van der Waals surface area contributed by atoms with Gasteiger partial charge in [0.25, 0.3) is 0 Å². The molecule has 1 heterocycles. The monoisotopic (exact) mass is 349 g/mol. The molecule has 3 rings (SSSR count). The Hall–Kier alpha value is -1.92. The van der Waals surface area contributed by atoms with Gasteiger partial charge in [-0.15, -0.1) is 5.10 Å². The minimum absolute atomic E-state index is 0.542. The first-order valence-corrected chi connectivity index (χ1v) is 6.92. The molecule has 2 N–H and O–H groups in total. The fraction of sp³-hybridized carbons (Fsp3) is 0. The molecule has 0 aliphatic carbocycles. The Labute approximate surface area is 128 Å². The van der Waals surface area contributed by atoms with Gasteiger partial charge < -0.3 is 5.73 Å². The first kappa shape index (κ1) is 13.1. The van der Waals surface area contributed by atoms with Gasteiger partial charge in [0.15, 0.2) is 5.82 Å².